The zero-order valence-corrected chi connectivity index (χ0v) is 11.1. The number of aliphatic hydroxyl groups is 1. The van der Waals surface area contributed by atoms with Gasteiger partial charge in [-0.25, -0.2) is 4.98 Å². The summed E-state index contributed by atoms with van der Waals surface area (Å²) < 4.78 is 2.00. The molecule has 94 valence electrons. The highest BCUT2D eigenvalue weighted by molar-refractivity contribution is 6.30. The predicted octanol–water partition coefficient (Wildman–Crippen LogP) is 3.16. The fraction of sp³-hybridized carbons (Fsp3) is 0.308. The van der Waals surface area contributed by atoms with Crippen molar-refractivity contribution in [3.05, 3.63) is 40.1 Å². The molecule has 0 fully saturated rings. The van der Waals surface area contributed by atoms with Gasteiger partial charge in [0.15, 0.2) is 5.15 Å². The molecule has 18 heavy (non-hydrogen) atoms. The van der Waals surface area contributed by atoms with Crippen LogP contribution in [-0.2, 0) is 13.0 Å². The van der Waals surface area contributed by atoms with Gasteiger partial charge in [-0.3, -0.25) is 0 Å². The molecule has 1 aliphatic heterocycles. The number of hydrogen-bond acceptors (Lipinski definition) is 2. The second kappa shape index (κ2) is 4.57. The maximum absolute atomic E-state index is 9.77. The number of imidazole rings is 1. The van der Waals surface area contributed by atoms with Crippen molar-refractivity contribution in [2.45, 2.75) is 25.5 Å². The topological polar surface area (TPSA) is 38.1 Å². The van der Waals surface area contributed by atoms with Crippen molar-refractivity contribution in [3.63, 3.8) is 0 Å². The third-order valence-corrected chi connectivity index (χ3v) is 3.79. The zero-order chi connectivity index (χ0) is 12.7. The van der Waals surface area contributed by atoms with Crippen LogP contribution in [0.1, 0.15) is 12.1 Å². The summed E-state index contributed by atoms with van der Waals surface area (Å²) in [6, 6.07) is 7.47. The highest BCUT2D eigenvalue weighted by Gasteiger charge is 2.23. The summed E-state index contributed by atoms with van der Waals surface area (Å²) in [7, 11) is 0. The first-order valence-electron chi connectivity index (χ1n) is 5.84. The van der Waals surface area contributed by atoms with E-state index in [1.54, 1.807) is 0 Å². The molecule has 1 aromatic carbocycles. The maximum atomic E-state index is 9.77. The molecule has 3 rings (SSSR count). The molecule has 1 atom stereocenters. The van der Waals surface area contributed by atoms with E-state index in [0.29, 0.717) is 16.7 Å². The van der Waals surface area contributed by atoms with E-state index in [1.807, 2.05) is 28.8 Å². The molecule has 0 saturated heterocycles. The first-order chi connectivity index (χ1) is 8.65. The predicted molar refractivity (Wildman–Crippen MR) is 72.0 cm³/mol. The third kappa shape index (κ3) is 2.03. The van der Waals surface area contributed by atoms with Gasteiger partial charge in [-0.15, -0.1) is 0 Å². The Kier molecular flexibility index (Phi) is 3.06. The Labute approximate surface area is 115 Å². The second-order valence-electron chi connectivity index (χ2n) is 4.48. The minimum Gasteiger partial charge on any atom is -0.391 e. The maximum Gasteiger partial charge on any atom is 0.150 e. The standard InChI is InChI=1S/C13H12Cl2N2O/c14-9-3-1-8(2-4-9)13-16-12(15)11-6-5-10(18)7-17(11)13/h1-4,10,18H,5-7H2. The van der Waals surface area contributed by atoms with Crippen molar-refractivity contribution < 1.29 is 5.11 Å². The van der Waals surface area contributed by atoms with Gasteiger partial charge in [-0.2, -0.15) is 0 Å². The lowest BCUT2D eigenvalue weighted by molar-refractivity contribution is 0.132. The summed E-state index contributed by atoms with van der Waals surface area (Å²) in [6.45, 7) is 0.549. The van der Waals surface area contributed by atoms with Gasteiger partial charge in [0, 0.05) is 10.6 Å². The Balaban J connectivity index is 2.10. The van der Waals surface area contributed by atoms with Gasteiger partial charge in [-0.1, -0.05) is 23.2 Å². The van der Waals surface area contributed by atoms with Gasteiger partial charge in [0.2, 0.25) is 0 Å². The minimum absolute atomic E-state index is 0.325. The number of rotatable bonds is 1. The molecule has 1 unspecified atom stereocenters. The monoisotopic (exact) mass is 282 g/mol. The van der Waals surface area contributed by atoms with Crippen LogP contribution in [0.25, 0.3) is 11.4 Å². The molecule has 2 heterocycles. The number of aliphatic hydroxyl groups excluding tert-OH is 1. The van der Waals surface area contributed by atoms with Gasteiger partial charge in [0.25, 0.3) is 0 Å². The quantitative estimate of drug-likeness (QED) is 0.873. The normalized spacial score (nSPS) is 18.7. The molecule has 0 spiro atoms. The van der Waals surface area contributed by atoms with Gasteiger partial charge < -0.3 is 9.67 Å². The van der Waals surface area contributed by atoms with Gasteiger partial charge in [0.1, 0.15) is 5.82 Å². The highest BCUT2D eigenvalue weighted by atomic mass is 35.5. The van der Waals surface area contributed by atoms with E-state index in [4.69, 9.17) is 23.2 Å². The van der Waals surface area contributed by atoms with Gasteiger partial charge in [0.05, 0.1) is 18.3 Å². The molecule has 3 nitrogen and oxygen atoms in total. The van der Waals surface area contributed by atoms with Crippen LogP contribution in [-0.4, -0.2) is 20.8 Å². The SMILES string of the molecule is OC1CCc2c(Cl)nc(-c3ccc(Cl)cc3)n2C1. The second-order valence-corrected chi connectivity index (χ2v) is 5.28. The summed E-state index contributed by atoms with van der Waals surface area (Å²) in [5.41, 5.74) is 1.97. The number of halogens is 2. The van der Waals surface area contributed by atoms with Gasteiger partial charge in [-0.05, 0) is 37.1 Å². The van der Waals surface area contributed by atoms with Crippen LogP contribution >= 0.6 is 23.2 Å². The minimum atomic E-state index is -0.325. The Hall–Kier alpha value is -1.03. The van der Waals surface area contributed by atoms with Crippen LogP contribution < -0.4 is 0 Å². The van der Waals surface area contributed by atoms with Crippen LogP contribution in [0.2, 0.25) is 10.2 Å². The molecule has 0 radical (unpaired) electrons. The Morgan fingerprint density at radius 3 is 2.67 bits per heavy atom. The van der Waals surface area contributed by atoms with Crippen LogP contribution in [0, 0.1) is 0 Å². The van der Waals surface area contributed by atoms with Crippen LogP contribution in [0.4, 0.5) is 0 Å². The smallest absolute Gasteiger partial charge is 0.150 e. The lowest BCUT2D eigenvalue weighted by Crippen LogP contribution is -2.24. The molecule has 5 heteroatoms. The van der Waals surface area contributed by atoms with Gasteiger partial charge >= 0.3 is 0 Å². The van der Waals surface area contributed by atoms with E-state index in [0.717, 1.165) is 29.9 Å². The fourth-order valence-corrected chi connectivity index (χ4v) is 2.72. The average molecular weight is 283 g/mol. The number of aromatic nitrogens is 2. The molecular formula is C13H12Cl2N2O. The number of fused-ring (bicyclic) bond motifs is 1. The molecule has 1 N–H and O–H groups in total. The summed E-state index contributed by atoms with van der Waals surface area (Å²) in [4.78, 5) is 4.40. The van der Waals surface area contributed by atoms with Crippen LogP contribution in [0.15, 0.2) is 24.3 Å². The van der Waals surface area contributed by atoms with Crippen molar-refractivity contribution in [1.82, 2.24) is 9.55 Å². The third-order valence-electron chi connectivity index (χ3n) is 3.23. The van der Waals surface area contributed by atoms with E-state index >= 15 is 0 Å². The highest BCUT2D eigenvalue weighted by Crippen LogP contribution is 2.30. The first-order valence-corrected chi connectivity index (χ1v) is 6.59. The van der Waals surface area contributed by atoms with Crippen molar-refractivity contribution in [3.8, 4) is 11.4 Å². The zero-order valence-electron chi connectivity index (χ0n) is 9.61. The molecule has 0 aliphatic carbocycles. The molecule has 1 aromatic heterocycles. The Morgan fingerprint density at radius 2 is 1.94 bits per heavy atom. The summed E-state index contributed by atoms with van der Waals surface area (Å²) in [5, 5.41) is 11.0. The van der Waals surface area contributed by atoms with Crippen molar-refractivity contribution in [2.24, 2.45) is 0 Å². The van der Waals surface area contributed by atoms with E-state index in [-0.39, 0.29) is 6.10 Å². The van der Waals surface area contributed by atoms with Crippen LogP contribution in [0.3, 0.4) is 0 Å². The van der Waals surface area contributed by atoms with Crippen molar-refractivity contribution in [1.29, 1.82) is 0 Å². The summed E-state index contributed by atoms with van der Waals surface area (Å²) in [6.07, 6.45) is 1.18. The molecule has 0 bridgehead atoms. The summed E-state index contributed by atoms with van der Waals surface area (Å²) >= 11 is 12.0. The summed E-state index contributed by atoms with van der Waals surface area (Å²) in [5.74, 6) is 0.797. The lowest BCUT2D eigenvalue weighted by Gasteiger charge is -2.21. The molecule has 0 amide bonds. The number of nitrogens with zero attached hydrogens (tertiary/aromatic N) is 2. The Bertz CT molecular complexity index is 577. The number of hydrogen-bond donors (Lipinski definition) is 1. The van der Waals surface area contributed by atoms with E-state index in [1.165, 1.54) is 0 Å². The average Bonchev–Trinajstić information content (AvgIpc) is 2.67. The lowest BCUT2D eigenvalue weighted by atomic mass is 10.1. The molecular weight excluding hydrogens is 271 g/mol. The molecule has 1 aliphatic rings. The number of benzene rings is 1. The first kappa shape index (κ1) is 12.0. The largest absolute Gasteiger partial charge is 0.391 e. The van der Waals surface area contributed by atoms with Crippen molar-refractivity contribution in [2.75, 3.05) is 0 Å². The fourth-order valence-electron chi connectivity index (χ4n) is 2.32. The van der Waals surface area contributed by atoms with E-state index in [2.05, 4.69) is 4.98 Å². The molecule has 2 aromatic rings. The van der Waals surface area contributed by atoms with Crippen molar-refractivity contribution >= 4 is 23.2 Å². The van der Waals surface area contributed by atoms with Crippen LogP contribution in [0.5, 0.6) is 0 Å². The van der Waals surface area contributed by atoms with E-state index < -0.39 is 0 Å². The Morgan fingerprint density at radius 1 is 1.22 bits per heavy atom. The molecule has 0 saturated carbocycles. The van der Waals surface area contributed by atoms with E-state index in [9.17, 15) is 5.11 Å².